The van der Waals surface area contributed by atoms with E-state index >= 15 is 0 Å². The van der Waals surface area contributed by atoms with Crippen molar-refractivity contribution in [2.24, 2.45) is 5.73 Å². The Labute approximate surface area is 80.7 Å². The summed E-state index contributed by atoms with van der Waals surface area (Å²) >= 11 is 0. The van der Waals surface area contributed by atoms with Gasteiger partial charge in [0.2, 0.25) is 0 Å². The summed E-state index contributed by atoms with van der Waals surface area (Å²) in [6.45, 7) is 0. The van der Waals surface area contributed by atoms with Gasteiger partial charge in [-0.05, 0) is 5.56 Å². The lowest BCUT2D eigenvalue weighted by molar-refractivity contribution is -0.509. The van der Waals surface area contributed by atoms with Gasteiger partial charge in [0.25, 0.3) is 6.04 Å². The van der Waals surface area contributed by atoms with Crippen LogP contribution in [0.5, 0.6) is 0 Å². The van der Waals surface area contributed by atoms with Gasteiger partial charge in [0.05, 0.1) is 0 Å². The zero-order chi connectivity index (χ0) is 10.6. The number of nitro groups is 1. The standard InChI is InChI=1S/C9H10N2O3/c10-9(8(6-12)11(13)14)7-4-2-1-3-5-7/h1-6,8-9H,10H2. The molecule has 1 rings (SSSR count). The molecule has 0 aliphatic carbocycles. The summed E-state index contributed by atoms with van der Waals surface area (Å²) in [5.41, 5.74) is 6.16. The van der Waals surface area contributed by atoms with E-state index in [0.29, 0.717) is 5.56 Å². The second-order valence-electron chi connectivity index (χ2n) is 2.85. The van der Waals surface area contributed by atoms with Crippen molar-refractivity contribution >= 4 is 6.29 Å². The highest BCUT2D eigenvalue weighted by molar-refractivity contribution is 5.57. The fraction of sp³-hybridized carbons (Fsp3) is 0.222. The zero-order valence-corrected chi connectivity index (χ0v) is 7.37. The normalized spacial score (nSPS) is 14.4. The van der Waals surface area contributed by atoms with Crippen molar-refractivity contribution in [1.29, 1.82) is 0 Å². The Morgan fingerprint density at radius 3 is 2.36 bits per heavy atom. The second-order valence-corrected chi connectivity index (χ2v) is 2.85. The molecule has 1 aromatic rings. The first-order chi connectivity index (χ1) is 6.66. The van der Waals surface area contributed by atoms with Gasteiger partial charge in [-0.3, -0.25) is 14.9 Å². The second kappa shape index (κ2) is 4.48. The number of nitrogens with two attached hydrogens (primary N) is 1. The molecule has 0 heterocycles. The summed E-state index contributed by atoms with van der Waals surface area (Å²) in [7, 11) is 0. The maximum atomic E-state index is 10.4. The number of benzene rings is 1. The maximum Gasteiger partial charge on any atom is 0.286 e. The Bertz CT molecular complexity index is 326. The van der Waals surface area contributed by atoms with Gasteiger partial charge in [-0.1, -0.05) is 30.3 Å². The molecule has 0 radical (unpaired) electrons. The van der Waals surface area contributed by atoms with Crippen molar-refractivity contribution in [1.82, 2.24) is 0 Å². The molecule has 2 atom stereocenters. The number of hydrogen-bond acceptors (Lipinski definition) is 4. The predicted octanol–water partition coefficient (Wildman–Crippen LogP) is 0.531. The molecule has 5 heteroatoms. The average molecular weight is 194 g/mol. The molecule has 0 amide bonds. The molecule has 2 unspecified atom stereocenters. The highest BCUT2D eigenvalue weighted by Gasteiger charge is 2.28. The topological polar surface area (TPSA) is 86.2 Å². The van der Waals surface area contributed by atoms with E-state index in [9.17, 15) is 14.9 Å². The predicted molar refractivity (Wildman–Crippen MR) is 50.2 cm³/mol. The lowest BCUT2D eigenvalue weighted by atomic mass is 10.0. The molecule has 2 N–H and O–H groups in total. The van der Waals surface area contributed by atoms with Gasteiger partial charge in [-0.2, -0.15) is 0 Å². The van der Waals surface area contributed by atoms with E-state index in [-0.39, 0.29) is 6.29 Å². The van der Waals surface area contributed by atoms with Gasteiger partial charge in [0.15, 0.2) is 6.29 Å². The Morgan fingerprint density at radius 1 is 1.36 bits per heavy atom. The fourth-order valence-electron chi connectivity index (χ4n) is 1.14. The van der Waals surface area contributed by atoms with E-state index in [0.717, 1.165) is 0 Å². The van der Waals surface area contributed by atoms with E-state index < -0.39 is 17.0 Å². The summed E-state index contributed by atoms with van der Waals surface area (Å²) in [6.07, 6.45) is 0.262. The summed E-state index contributed by atoms with van der Waals surface area (Å²) in [5, 5.41) is 10.4. The van der Waals surface area contributed by atoms with E-state index in [1.54, 1.807) is 30.3 Å². The minimum absolute atomic E-state index is 0.262. The third kappa shape index (κ3) is 2.14. The van der Waals surface area contributed by atoms with Gasteiger partial charge in [0.1, 0.15) is 6.04 Å². The molecular formula is C9H10N2O3. The smallest absolute Gasteiger partial charge is 0.286 e. The van der Waals surface area contributed by atoms with Crippen molar-refractivity contribution < 1.29 is 9.72 Å². The van der Waals surface area contributed by atoms with Crippen LogP contribution in [0.25, 0.3) is 0 Å². The summed E-state index contributed by atoms with van der Waals surface area (Å²) in [4.78, 5) is 20.2. The monoisotopic (exact) mass is 194 g/mol. The Morgan fingerprint density at radius 2 is 1.93 bits per heavy atom. The number of aldehydes is 1. The first-order valence-electron chi connectivity index (χ1n) is 4.06. The van der Waals surface area contributed by atoms with Crippen LogP contribution in [0, 0.1) is 10.1 Å². The van der Waals surface area contributed by atoms with Gasteiger partial charge in [0, 0.05) is 4.92 Å². The van der Waals surface area contributed by atoms with Crippen molar-refractivity contribution in [3.05, 3.63) is 46.0 Å². The van der Waals surface area contributed by atoms with E-state index in [2.05, 4.69) is 0 Å². The molecule has 0 saturated heterocycles. The van der Waals surface area contributed by atoms with Crippen LogP contribution in [0.4, 0.5) is 0 Å². The third-order valence-corrected chi connectivity index (χ3v) is 1.94. The van der Waals surface area contributed by atoms with Crippen molar-refractivity contribution in [3.8, 4) is 0 Å². The van der Waals surface area contributed by atoms with Crippen LogP contribution in [0.1, 0.15) is 11.6 Å². The number of carbonyl (C=O) groups excluding carboxylic acids is 1. The molecule has 14 heavy (non-hydrogen) atoms. The number of carbonyl (C=O) groups is 1. The van der Waals surface area contributed by atoms with Gasteiger partial charge in [-0.25, -0.2) is 0 Å². The van der Waals surface area contributed by atoms with E-state index in [1.165, 1.54) is 0 Å². The van der Waals surface area contributed by atoms with Crippen LogP contribution in [-0.4, -0.2) is 17.3 Å². The number of rotatable bonds is 4. The fourth-order valence-corrected chi connectivity index (χ4v) is 1.14. The number of nitrogens with zero attached hydrogens (tertiary/aromatic N) is 1. The lowest BCUT2D eigenvalue weighted by Crippen LogP contribution is -2.34. The molecule has 0 aromatic heterocycles. The van der Waals surface area contributed by atoms with E-state index in [1.807, 2.05) is 0 Å². The summed E-state index contributed by atoms with van der Waals surface area (Å²) in [5.74, 6) is 0. The van der Waals surface area contributed by atoms with Crippen molar-refractivity contribution in [2.45, 2.75) is 12.1 Å². The Balaban J connectivity index is 2.88. The summed E-state index contributed by atoms with van der Waals surface area (Å²) < 4.78 is 0. The highest BCUT2D eigenvalue weighted by Crippen LogP contribution is 2.14. The molecule has 0 fully saturated rings. The Hall–Kier alpha value is -1.75. The van der Waals surface area contributed by atoms with Crippen LogP contribution in [-0.2, 0) is 4.79 Å². The molecule has 0 bridgehead atoms. The van der Waals surface area contributed by atoms with Crippen LogP contribution in [0.2, 0.25) is 0 Å². The first kappa shape index (κ1) is 10.3. The molecule has 74 valence electrons. The maximum absolute atomic E-state index is 10.4. The SMILES string of the molecule is NC(c1ccccc1)C(C=O)[N+](=O)[O-]. The van der Waals surface area contributed by atoms with Crippen LogP contribution >= 0.6 is 0 Å². The third-order valence-electron chi connectivity index (χ3n) is 1.94. The zero-order valence-electron chi connectivity index (χ0n) is 7.37. The first-order valence-corrected chi connectivity index (χ1v) is 4.06. The van der Waals surface area contributed by atoms with Gasteiger partial charge >= 0.3 is 0 Å². The number of hydrogen-bond donors (Lipinski definition) is 1. The average Bonchev–Trinajstić information content (AvgIpc) is 2.19. The molecular weight excluding hydrogens is 184 g/mol. The van der Waals surface area contributed by atoms with Crippen LogP contribution < -0.4 is 5.73 Å². The van der Waals surface area contributed by atoms with E-state index in [4.69, 9.17) is 5.73 Å². The minimum Gasteiger partial charge on any atom is -0.318 e. The molecule has 0 aliphatic heterocycles. The largest absolute Gasteiger partial charge is 0.318 e. The van der Waals surface area contributed by atoms with Gasteiger partial charge in [-0.15, -0.1) is 0 Å². The van der Waals surface area contributed by atoms with Crippen LogP contribution in [0.15, 0.2) is 30.3 Å². The molecule has 1 aromatic carbocycles. The molecule has 0 spiro atoms. The van der Waals surface area contributed by atoms with Gasteiger partial charge < -0.3 is 5.73 Å². The molecule has 0 aliphatic rings. The van der Waals surface area contributed by atoms with Crippen molar-refractivity contribution in [3.63, 3.8) is 0 Å². The summed E-state index contributed by atoms with van der Waals surface area (Å²) in [6, 6.07) is 6.27. The quantitative estimate of drug-likeness (QED) is 0.430. The minimum atomic E-state index is -1.38. The van der Waals surface area contributed by atoms with Crippen molar-refractivity contribution in [2.75, 3.05) is 0 Å². The highest BCUT2D eigenvalue weighted by atomic mass is 16.6. The Kier molecular flexibility index (Phi) is 3.30. The molecule has 5 nitrogen and oxygen atoms in total. The lowest BCUT2D eigenvalue weighted by Gasteiger charge is -2.11. The van der Waals surface area contributed by atoms with Crippen LogP contribution in [0.3, 0.4) is 0 Å². The molecule has 0 saturated carbocycles.